The van der Waals surface area contributed by atoms with Gasteiger partial charge in [0.1, 0.15) is 0 Å². The highest BCUT2D eigenvalue weighted by atomic mass is 79.9. The van der Waals surface area contributed by atoms with Gasteiger partial charge in [0.05, 0.1) is 0 Å². The first kappa shape index (κ1) is 17.6. The molecular formula is C22H23BrN2. The Hall–Kier alpha value is -2.26. The second-order valence-corrected chi connectivity index (χ2v) is 7.47. The SMILES string of the molecule is CN(C)c1ccccc1-c1cc(Br)cc(-c2ccccc2N(C)C)c1. The normalized spacial score (nSPS) is 10.6. The van der Waals surface area contributed by atoms with Gasteiger partial charge in [-0.1, -0.05) is 52.3 Å². The van der Waals surface area contributed by atoms with E-state index >= 15 is 0 Å². The molecule has 0 spiro atoms. The van der Waals surface area contributed by atoms with Crippen molar-refractivity contribution in [3.8, 4) is 22.3 Å². The molecule has 0 radical (unpaired) electrons. The highest BCUT2D eigenvalue weighted by molar-refractivity contribution is 9.10. The van der Waals surface area contributed by atoms with Crippen LogP contribution in [0.4, 0.5) is 11.4 Å². The molecule has 0 aliphatic heterocycles. The van der Waals surface area contributed by atoms with Crippen LogP contribution >= 0.6 is 15.9 Å². The maximum Gasteiger partial charge on any atom is 0.0440 e. The van der Waals surface area contributed by atoms with Crippen LogP contribution in [0.3, 0.4) is 0 Å². The van der Waals surface area contributed by atoms with Crippen LogP contribution in [-0.2, 0) is 0 Å². The first-order chi connectivity index (χ1) is 12.0. The fourth-order valence-corrected chi connectivity index (χ4v) is 3.61. The highest BCUT2D eigenvalue weighted by Crippen LogP contribution is 2.37. The van der Waals surface area contributed by atoms with Crippen molar-refractivity contribution in [3.05, 3.63) is 71.2 Å². The minimum atomic E-state index is 1.09. The molecule has 128 valence electrons. The van der Waals surface area contributed by atoms with Crippen LogP contribution in [0.15, 0.2) is 71.2 Å². The van der Waals surface area contributed by atoms with E-state index in [2.05, 4.69) is 121 Å². The van der Waals surface area contributed by atoms with Crippen LogP contribution in [-0.4, -0.2) is 28.2 Å². The van der Waals surface area contributed by atoms with Gasteiger partial charge in [-0.3, -0.25) is 0 Å². The molecular weight excluding hydrogens is 372 g/mol. The summed E-state index contributed by atoms with van der Waals surface area (Å²) in [5.74, 6) is 0. The lowest BCUT2D eigenvalue weighted by atomic mass is 9.96. The number of anilines is 2. The van der Waals surface area contributed by atoms with Gasteiger partial charge in [0, 0.05) is 55.2 Å². The summed E-state index contributed by atoms with van der Waals surface area (Å²) in [6, 6.07) is 23.7. The maximum atomic E-state index is 3.70. The smallest absolute Gasteiger partial charge is 0.0440 e. The summed E-state index contributed by atoms with van der Waals surface area (Å²) in [4.78, 5) is 4.31. The molecule has 0 heterocycles. The van der Waals surface area contributed by atoms with E-state index < -0.39 is 0 Å². The predicted octanol–water partition coefficient (Wildman–Crippen LogP) is 5.92. The molecule has 0 N–H and O–H groups in total. The highest BCUT2D eigenvalue weighted by Gasteiger charge is 2.12. The third-order valence-corrected chi connectivity index (χ3v) is 4.75. The monoisotopic (exact) mass is 394 g/mol. The van der Waals surface area contributed by atoms with Gasteiger partial charge in [-0.15, -0.1) is 0 Å². The number of halogens is 1. The number of hydrogen-bond acceptors (Lipinski definition) is 2. The van der Waals surface area contributed by atoms with Crippen molar-refractivity contribution in [1.82, 2.24) is 0 Å². The van der Waals surface area contributed by atoms with Crippen LogP contribution in [0, 0.1) is 0 Å². The first-order valence-corrected chi connectivity index (χ1v) is 9.10. The van der Waals surface area contributed by atoms with E-state index in [1.54, 1.807) is 0 Å². The Balaban J connectivity index is 2.19. The maximum absolute atomic E-state index is 3.70. The van der Waals surface area contributed by atoms with E-state index in [0.717, 1.165) is 4.47 Å². The van der Waals surface area contributed by atoms with Crippen LogP contribution in [0.25, 0.3) is 22.3 Å². The Morgan fingerprint density at radius 3 is 1.40 bits per heavy atom. The van der Waals surface area contributed by atoms with Gasteiger partial charge < -0.3 is 9.80 Å². The van der Waals surface area contributed by atoms with E-state index in [-0.39, 0.29) is 0 Å². The van der Waals surface area contributed by atoms with Crippen LogP contribution in [0.5, 0.6) is 0 Å². The van der Waals surface area contributed by atoms with Crippen molar-refractivity contribution in [1.29, 1.82) is 0 Å². The molecule has 3 aromatic carbocycles. The zero-order valence-electron chi connectivity index (χ0n) is 15.1. The molecule has 25 heavy (non-hydrogen) atoms. The quantitative estimate of drug-likeness (QED) is 0.542. The number of rotatable bonds is 4. The summed E-state index contributed by atoms with van der Waals surface area (Å²) in [7, 11) is 8.33. The number of benzene rings is 3. The number of hydrogen-bond donors (Lipinski definition) is 0. The average Bonchev–Trinajstić information content (AvgIpc) is 2.61. The molecule has 0 saturated heterocycles. The molecule has 0 aliphatic rings. The van der Waals surface area contributed by atoms with Crippen molar-refractivity contribution in [2.24, 2.45) is 0 Å². The molecule has 0 unspecified atom stereocenters. The van der Waals surface area contributed by atoms with Gasteiger partial charge in [-0.05, 0) is 41.5 Å². The van der Waals surface area contributed by atoms with Crippen molar-refractivity contribution in [2.45, 2.75) is 0 Å². The molecule has 0 aliphatic carbocycles. The Morgan fingerprint density at radius 2 is 1.00 bits per heavy atom. The Labute approximate surface area is 158 Å². The Bertz CT molecular complexity index is 815. The van der Waals surface area contributed by atoms with Crippen molar-refractivity contribution >= 4 is 27.3 Å². The zero-order chi connectivity index (χ0) is 18.0. The van der Waals surface area contributed by atoms with E-state index in [4.69, 9.17) is 0 Å². The molecule has 0 bridgehead atoms. The second-order valence-electron chi connectivity index (χ2n) is 6.55. The number of para-hydroxylation sites is 2. The van der Waals surface area contributed by atoms with Crippen molar-refractivity contribution in [3.63, 3.8) is 0 Å². The van der Waals surface area contributed by atoms with Gasteiger partial charge in [0.2, 0.25) is 0 Å². The van der Waals surface area contributed by atoms with Crippen LogP contribution < -0.4 is 9.80 Å². The minimum absolute atomic E-state index is 1.09. The lowest BCUT2D eigenvalue weighted by Gasteiger charge is -2.20. The van der Waals surface area contributed by atoms with Gasteiger partial charge >= 0.3 is 0 Å². The van der Waals surface area contributed by atoms with Gasteiger partial charge in [0.25, 0.3) is 0 Å². The summed E-state index contributed by atoms with van der Waals surface area (Å²) in [6.07, 6.45) is 0. The molecule has 0 aromatic heterocycles. The van der Waals surface area contributed by atoms with Gasteiger partial charge in [-0.25, -0.2) is 0 Å². The lowest BCUT2D eigenvalue weighted by Crippen LogP contribution is -2.10. The third kappa shape index (κ3) is 3.72. The minimum Gasteiger partial charge on any atom is -0.377 e. The van der Waals surface area contributed by atoms with E-state index in [9.17, 15) is 0 Å². The molecule has 3 rings (SSSR count). The molecule has 3 heteroatoms. The molecule has 0 atom stereocenters. The largest absolute Gasteiger partial charge is 0.377 e. The van der Waals surface area contributed by atoms with Crippen LogP contribution in [0.1, 0.15) is 0 Å². The van der Waals surface area contributed by atoms with E-state index in [1.165, 1.54) is 33.6 Å². The summed E-state index contributed by atoms with van der Waals surface area (Å²) in [6.45, 7) is 0. The third-order valence-electron chi connectivity index (χ3n) is 4.29. The zero-order valence-corrected chi connectivity index (χ0v) is 16.7. The molecule has 0 amide bonds. The lowest BCUT2D eigenvalue weighted by molar-refractivity contribution is 1.13. The second kappa shape index (κ2) is 7.32. The summed E-state index contributed by atoms with van der Waals surface area (Å²) in [5, 5.41) is 0. The first-order valence-electron chi connectivity index (χ1n) is 8.31. The van der Waals surface area contributed by atoms with Gasteiger partial charge in [0.15, 0.2) is 0 Å². The number of nitrogens with zero attached hydrogens (tertiary/aromatic N) is 2. The molecule has 0 saturated carbocycles. The topological polar surface area (TPSA) is 6.48 Å². The predicted molar refractivity (Wildman–Crippen MR) is 114 cm³/mol. The van der Waals surface area contributed by atoms with Crippen molar-refractivity contribution < 1.29 is 0 Å². The fraction of sp³-hybridized carbons (Fsp3) is 0.182. The Morgan fingerprint density at radius 1 is 0.600 bits per heavy atom. The summed E-state index contributed by atoms with van der Waals surface area (Å²) >= 11 is 3.70. The van der Waals surface area contributed by atoms with E-state index in [1.807, 2.05) is 0 Å². The van der Waals surface area contributed by atoms with Gasteiger partial charge in [-0.2, -0.15) is 0 Å². The molecule has 0 fully saturated rings. The fourth-order valence-electron chi connectivity index (χ4n) is 3.12. The molecule has 3 aromatic rings. The summed E-state index contributed by atoms with van der Waals surface area (Å²) < 4.78 is 1.09. The Kier molecular flexibility index (Phi) is 5.14. The van der Waals surface area contributed by atoms with Crippen LogP contribution in [0.2, 0.25) is 0 Å². The average molecular weight is 395 g/mol. The summed E-state index contributed by atoms with van der Waals surface area (Å²) in [5.41, 5.74) is 7.32. The van der Waals surface area contributed by atoms with E-state index in [0.29, 0.717) is 0 Å². The van der Waals surface area contributed by atoms with Crippen molar-refractivity contribution in [2.75, 3.05) is 38.0 Å². The molecule has 2 nitrogen and oxygen atoms in total. The standard InChI is InChI=1S/C22H23BrN2/c1-24(2)21-11-7-5-9-19(21)16-13-17(15-18(23)14-16)20-10-6-8-12-22(20)25(3)4/h5-15H,1-4H3.